The van der Waals surface area contributed by atoms with E-state index in [0.29, 0.717) is 0 Å². The number of carbonyl (C=O) groups is 1. The molecular formula is C17H22N4O2. The normalized spacial score (nSPS) is 24.4. The van der Waals surface area contributed by atoms with Crippen molar-refractivity contribution in [1.29, 1.82) is 0 Å². The highest BCUT2D eigenvalue weighted by molar-refractivity contribution is 6.06. The summed E-state index contributed by atoms with van der Waals surface area (Å²) in [6, 6.07) is 3.86. The minimum absolute atomic E-state index is 0.00466. The van der Waals surface area contributed by atoms with Crippen LogP contribution in [0.3, 0.4) is 0 Å². The van der Waals surface area contributed by atoms with E-state index >= 15 is 0 Å². The predicted molar refractivity (Wildman–Crippen MR) is 89.5 cm³/mol. The summed E-state index contributed by atoms with van der Waals surface area (Å²) >= 11 is 0. The van der Waals surface area contributed by atoms with Crippen LogP contribution in [0.4, 0.5) is 11.4 Å². The number of hydrogen-bond acceptors (Lipinski definition) is 4. The summed E-state index contributed by atoms with van der Waals surface area (Å²) in [7, 11) is 0. The van der Waals surface area contributed by atoms with Gasteiger partial charge in [-0.25, -0.2) is 4.68 Å². The second-order valence-corrected chi connectivity index (χ2v) is 6.72. The molecule has 122 valence electrons. The molecule has 1 amide bonds. The monoisotopic (exact) mass is 314 g/mol. The molecule has 2 atom stereocenters. The zero-order valence-corrected chi connectivity index (χ0v) is 13.5. The van der Waals surface area contributed by atoms with Crippen LogP contribution in [-0.4, -0.2) is 28.3 Å². The number of hydrogen-bond donors (Lipinski definition) is 2. The summed E-state index contributed by atoms with van der Waals surface area (Å²) in [4.78, 5) is 12.2. The lowest BCUT2D eigenvalue weighted by Gasteiger charge is -2.29. The predicted octanol–water partition coefficient (Wildman–Crippen LogP) is 3.12. The van der Waals surface area contributed by atoms with Gasteiger partial charge in [-0.3, -0.25) is 4.79 Å². The molecule has 1 aromatic carbocycles. The number of aromatic nitrogens is 2. The molecule has 2 unspecified atom stereocenters. The molecule has 0 saturated carbocycles. The highest BCUT2D eigenvalue weighted by atomic mass is 16.5. The van der Waals surface area contributed by atoms with Gasteiger partial charge in [0.1, 0.15) is 6.04 Å². The first-order chi connectivity index (χ1) is 11.1. The first-order valence-electron chi connectivity index (χ1n) is 8.34. The molecule has 2 aliphatic rings. The second kappa shape index (κ2) is 5.53. The summed E-state index contributed by atoms with van der Waals surface area (Å²) in [5, 5.41) is 11.9. The molecule has 0 radical (unpaired) electrons. The van der Waals surface area contributed by atoms with E-state index in [1.807, 2.05) is 30.8 Å². The minimum atomic E-state index is -0.198. The van der Waals surface area contributed by atoms with E-state index in [1.54, 1.807) is 0 Å². The van der Waals surface area contributed by atoms with Crippen molar-refractivity contribution in [3.8, 4) is 0 Å². The lowest BCUT2D eigenvalue weighted by Crippen LogP contribution is -2.42. The van der Waals surface area contributed by atoms with Crippen molar-refractivity contribution in [3.63, 3.8) is 0 Å². The number of fused-ring (bicyclic) bond motifs is 2. The van der Waals surface area contributed by atoms with Gasteiger partial charge in [0, 0.05) is 12.0 Å². The van der Waals surface area contributed by atoms with Gasteiger partial charge in [0.25, 0.3) is 0 Å². The third kappa shape index (κ3) is 2.47. The molecule has 6 heteroatoms. The molecule has 2 N–H and O–H groups in total. The zero-order chi connectivity index (χ0) is 16.0. The SMILES string of the molecule is CC(C)C1Nc2cc3cnn(C4CCCCO4)c3cc2NC1=O. The van der Waals surface area contributed by atoms with Gasteiger partial charge in [0.2, 0.25) is 5.91 Å². The van der Waals surface area contributed by atoms with E-state index < -0.39 is 0 Å². The van der Waals surface area contributed by atoms with Crippen LogP contribution in [0.1, 0.15) is 39.3 Å². The number of ether oxygens (including phenoxy) is 1. The minimum Gasteiger partial charge on any atom is -0.372 e. The Morgan fingerprint density at radius 3 is 2.91 bits per heavy atom. The van der Waals surface area contributed by atoms with E-state index in [1.165, 1.54) is 0 Å². The summed E-state index contributed by atoms with van der Waals surface area (Å²) in [6.45, 7) is 4.86. The topological polar surface area (TPSA) is 68.2 Å². The van der Waals surface area contributed by atoms with Crippen LogP contribution in [0.25, 0.3) is 10.9 Å². The van der Waals surface area contributed by atoms with Gasteiger partial charge in [-0.05, 0) is 37.3 Å². The number of nitrogens with one attached hydrogen (secondary N) is 2. The maximum atomic E-state index is 12.2. The first kappa shape index (κ1) is 14.5. The van der Waals surface area contributed by atoms with Crippen molar-refractivity contribution in [1.82, 2.24) is 9.78 Å². The Morgan fingerprint density at radius 1 is 1.30 bits per heavy atom. The lowest BCUT2D eigenvalue weighted by atomic mass is 10.00. The average molecular weight is 314 g/mol. The molecule has 1 saturated heterocycles. The fraction of sp³-hybridized carbons (Fsp3) is 0.529. The van der Waals surface area contributed by atoms with E-state index in [2.05, 4.69) is 21.8 Å². The molecule has 1 fully saturated rings. The van der Waals surface area contributed by atoms with Gasteiger partial charge in [0.15, 0.2) is 6.23 Å². The second-order valence-electron chi connectivity index (χ2n) is 6.72. The Balaban J connectivity index is 1.73. The van der Waals surface area contributed by atoms with Crippen LogP contribution in [0, 0.1) is 5.92 Å². The number of benzene rings is 1. The van der Waals surface area contributed by atoms with Gasteiger partial charge in [-0.15, -0.1) is 0 Å². The van der Waals surface area contributed by atoms with Crippen molar-refractivity contribution < 1.29 is 9.53 Å². The molecule has 6 nitrogen and oxygen atoms in total. The zero-order valence-electron chi connectivity index (χ0n) is 13.5. The number of carbonyl (C=O) groups excluding carboxylic acids is 1. The molecule has 4 rings (SSSR count). The molecule has 0 aliphatic carbocycles. The number of nitrogens with zero attached hydrogens (tertiary/aromatic N) is 2. The van der Waals surface area contributed by atoms with E-state index in [-0.39, 0.29) is 24.1 Å². The van der Waals surface area contributed by atoms with E-state index in [9.17, 15) is 4.79 Å². The molecule has 3 heterocycles. The van der Waals surface area contributed by atoms with Crippen molar-refractivity contribution in [2.75, 3.05) is 17.2 Å². The van der Waals surface area contributed by atoms with Crippen molar-refractivity contribution >= 4 is 28.2 Å². The highest BCUT2D eigenvalue weighted by Crippen LogP contribution is 2.35. The molecule has 23 heavy (non-hydrogen) atoms. The maximum Gasteiger partial charge on any atom is 0.247 e. The Labute approximate surface area is 135 Å². The molecular weight excluding hydrogens is 292 g/mol. The first-order valence-corrected chi connectivity index (χ1v) is 8.34. The van der Waals surface area contributed by atoms with Crippen molar-refractivity contribution in [2.24, 2.45) is 5.92 Å². The van der Waals surface area contributed by atoms with Crippen LogP contribution in [0.15, 0.2) is 18.3 Å². The Kier molecular flexibility index (Phi) is 3.49. The van der Waals surface area contributed by atoms with Crippen molar-refractivity contribution in [2.45, 2.75) is 45.4 Å². The summed E-state index contributed by atoms with van der Waals surface area (Å²) in [5.41, 5.74) is 2.78. The largest absolute Gasteiger partial charge is 0.372 e. The standard InChI is InChI=1S/C17H22N4O2/c1-10(2)16-17(22)20-13-8-14-11(7-12(13)19-16)9-18-21(14)15-5-3-4-6-23-15/h7-10,15-16,19H,3-6H2,1-2H3,(H,20,22). The molecule has 0 bridgehead atoms. The van der Waals surface area contributed by atoms with Gasteiger partial charge in [-0.2, -0.15) is 5.10 Å². The van der Waals surface area contributed by atoms with Crippen LogP contribution < -0.4 is 10.6 Å². The molecule has 2 aromatic rings. The summed E-state index contributed by atoms with van der Waals surface area (Å²) in [5.74, 6) is 0.254. The Hall–Kier alpha value is -2.08. The molecule has 1 aromatic heterocycles. The smallest absolute Gasteiger partial charge is 0.247 e. The van der Waals surface area contributed by atoms with Crippen LogP contribution in [0.5, 0.6) is 0 Å². The van der Waals surface area contributed by atoms with E-state index in [0.717, 1.165) is 48.1 Å². The fourth-order valence-electron chi connectivity index (χ4n) is 3.38. The number of rotatable bonds is 2. The number of amides is 1. The van der Waals surface area contributed by atoms with Gasteiger partial charge < -0.3 is 15.4 Å². The van der Waals surface area contributed by atoms with Crippen LogP contribution >= 0.6 is 0 Å². The quantitative estimate of drug-likeness (QED) is 0.893. The average Bonchev–Trinajstić information content (AvgIpc) is 2.95. The Morgan fingerprint density at radius 2 is 2.17 bits per heavy atom. The molecule has 2 aliphatic heterocycles. The van der Waals surface area contributed by atoms with Gasteiger partial charge >= 0.3 is 0 Å². The number of anilines is 2. The lowest BCUT2D eigenvalue weighted by molar-refractivity contribution is -0.117. The van der Waals surface area contributed by atoms with Crippen molar-refractivity contribution in [3.05, 3.63) is 18.3 Å². The van der Waals surface area contributed by atoms with Gasteiger partial charge in [-0.1, -0.05) is 13.8 Å². The van der Waals surface area contributed by atoms with Crippen LogP contribution in [-0.2, 0) is 9.53 Å². The summed E-state index contributed by atoms with van der Waals surface area (Å²) < 4.78 is 7.78. The third-order valence-electron chi connectivity index (χ3n) is 4.68. The third-order valence-corrected chi connectivity index (χ3v) is 4.68. The maximum absolute atomic E-state index is 12.2. The van der Waals surface area contributed by atoms with Crippen LogP contribution in [0.2, 0.25) is 0 Å². The van der Waals surface area contributed by atoms with E-state index in [4.69, 9.17) is 4.74 Å². The molecule has 0 spiro atoms. The summed E-state index contributed by atoms with van der Waals surface area (Å²) in [6.07, 6.45) is 5.12. The van der Waals surface area contributed by atoms with Gasteiger partial charge in [0.05, 0.1) is 23.1 Å². The highest BCUT2D eigenvalue weighted by Gasteiger charge is 2.29. The fourth-order valence-corrected chi connectivity index (χ4v) is 3.38. The Bertz CT molecular complexity index is 746.